The van der Waals surface area contributed by atoms with Crippen LogP contribution in [0.25, 0.3) is 11.0 Å². The van der Waals surface area contributed by atoms with Crippen molar-refractivity contribution in [2.75, 3.05) is 24.6 Å². The maximum atomic E-state index is 14.3. The van der Waals surface area contributed by atoms with Crippen LogP contribution in [0.5, 0.6) is 5.88 Å². The van der Waals surface area contributed by atoms with Crippen LogP contribution in [0.1, 0.15) is 59.4 Å². The molecule has 2 atom stereocenters. The second-order valence-electron chi connectivity index (χ2n) is 11.0. The zero-order chi connectivity index (χ0) is 29.2. The first kappa shape index (κ1) is 27.7. The number of carbonyl (C=O) groups is 1. The minimum atomic E-state index is -0.948. The van der Waals surface area contributed by atoms with Crippen molar-refractivity contribution in [2.45, 2.75) is 51.4 Å². The van der Waals surface area contributed by atoms with Crippen LogP contribution in [0.3, 0.4) is 0 Å². The Morgan fingerprint density at radius 2 is 1.98 bits per heavy atom. The number of anilines is 1. The normalized spacial score (nSPS) is 17.9. The summed E-state index contributed by atoms with van der Waals surface area (Å²) in [4.78, 5) is 23.5. The molecule has 216 valence electrons. The fourth-order valence-electron chi connectivity index (χ4n) is 5.83. The molecule has 0 bridgehead atoms. The summed E-state index contributed by atoms with van der Waals surface area (Å²) in [6.07, 6.45) is 3.02. The molecule has 2 aromatic heterocycles. The van der Waals surface area contributed by atoms with Crippen LogP contribution < -0.4 is 9.64 Å². The predicted molar refractivity (Wildman–Crippen MR) is 154 cm³/mol. The molecule has 0 amide bonds. The van der Waals surface area contributed by atoms with Crippen LogP contribution in [0.4, 0.5) is 10.2 Å². The summed E-state index contributed by atoms with van der Waals surface area (Å²) in [5, 5.41) is 18.5. The van der Waals surface area contributed by atoms with Crippen molar-refractivity contribution in [2.24, 2.45) is 5.92 Å². The largest absolute Gasteiger partial charge is 0.478 e. The van der Waals surface area contributed by atoms with Crippen LogP contribution in [0, 0.1) is 23.1 Å². The average Bonchev–Trinajstić information content (AvgIpc) is 3.35. The number of nitrogens with zero attached hydrogens (tertiary/aromatic N) is 5. The quantitative estimate of drug-likeness (QED) is 0.280. The van der Waals surface area contributed by atoms with E-state index in [0.717, 1.165) is 61.6 Å². The number of aromatic carboxylic acids is 1. The molecular formula is C32H32FN5O4. The third-order valence-electron chi connectivity index (χ3n) is 8.45. The number of benzene rings is 2. The highest BCUT2D eigenvalue weighted by atomic mass is 19.1. The molecule has 2 aliphatic heterocycles. The third-order valence-corrected chi connectivity index (χ3v) is 8.45. The van der Waals surface area contributed by atoms with Gasteiger partial charge in [-0.15, -0.1) is 0 Å². The van der Waals surface area contributed by atoms with Crippen molar-refractivity contribution in [3.8, 4) is 11.9 Å². The highest BCUT2D eigenvalue weighted by Gasteiger charge is 2.31. The summed E-state index contributed by atoms with van der Waals surface area (Å²) >= 11 is 0. The minimum Gasteiger partial charge on any atom is -0.478 e. The van der Waals surface area contributed by atoms with E-state index in [2.05, 4.69) is 21.4 Å². The lowest BCUT2D eigenvalue weighted by atomic mass is 9.84. The van der Waals surface area contributed by atoms with E-state index in [1.165, 1.54) is 6.07 Å². The van der Waals surface area contributed by atoms with E-state index in [0.29, 0.717) is 23.9 Å². The zero-order valence-corrected chi connectivity index (χ0v) is 23.4. The molecule has 2 fully saturated rings. The van der Waals surface area contributed by atoms with Gasteiger partial charge in [0.25, 0.3) is 0 Å². The van der Waals surface area contributed by atoms with Gasteiger partial charge in [-0.1, -0.05) is 19.1 Å². The smallest absolute Gasteiger partial charge is 0.335 e. The first-order valence-corrected chi connectivity index (χ1v) is 14.3. The van der Waals surface area contributed by atoms with Crippen LogP contribution in [0.15, 0.2) is 54.6 Å². The third kappa shape index (κ3) is 5.65. The van der Waals surface area contributed by atoms with Crippen molar-refractivity contribution in [3.63, 3.8) is 0 Å². The topological polar surface area (TPSA) is 113 Å². The van der Waals surface area contributed by atoms with Crippen LogP contribution in [0.2, 0.25) is 0 Å². The van der Waals surface area contributed by atoms with Gasteiger partial charge in [-0.05, 0) is 61.6 Å². The molecule has 6 rings (SSSR count). The van der Waals surface area contributed by atoms with E-state index in [4.69, 9.17) is 19.7 Å². The fraction of sp³-hybridized carbons (Fsp3) is 0.375. The van der Waals surface area contributed by atoms with Crippen molar-refractivity contribution in [1.82, 2.24) is 14.5 Å². The summed E-state index contributed by atoms with van der Waals surface area (Å²) in [6, 6.07) is 17.0. The fourth-order valence-corrected chi connectivity index (χ4v) is 5.83. The van der Waals surface area contributed by atoms with E-state index in [1.807, 2.05) is 18.2 Å². The van der Waals surface area contributed by atoms with Crippen LogP contribution in [-0.4, -0.2) is 51.4 Å². The van der Waals surface area contributed by atoms with Gasteiger partial charge in [-0.2, -0.15) is 10.2 Å². The lowest BCUT2D eigenvalue weighted by Gasteiger charge is -2.36. The number of carboxylic acids is 1. The molecule has 4 aromatic rings. The summed E-state index contributed by atoms with van der Waals surface area (Å²) < 4.78 is 27.9. The van der Waals surface area contributed by atoms with Crippen molar-refractivity contribution in [1.29, 1.82) is 5.26 Å². The van der Waals surface area contributed by atoms with Gasteiger partial charge in [0.1, 0.15) is 24.1 Å². The van der Waals surface area contributed by atoms with Crippen molar-refractivity contribution < 1.29 is 23.8 Å². The van der Waals surface area contributed by atoms with E-state index in [-0.39, 0.29) is 29.8 Å². The maximum Gasteiger partial charge on any atom is 0.335 e. The number of ether oxygens (including phenoxy) is 2. The lowest BCUT2D eigenvalue weighted by molar-refractivity contribution is -0.0592. The zero-order valence-electron chi connectivity index (χ0n) is 23.4. The summed E-state index contributed by atoms with van der Waals surface area (Å²) in [6.45, 7) is 5.31. The maximum absolute atomic E-state index is 14.3. The lowest BCUT2D eigenvalue weighted by Crippen LogP contribution is -2.36. The van der Waals surface area contributed by atoms with Gasteiger partial charge in [-0.3, -0.25) is 0 Å². The van der Waals surface area contributed by atoms with Gasteiger partial charge >= 0.3 is 5.97 Å². The number of pyridine rings is 1. The molecule has 4 heterocycles. The Labute approximate surface area is 243 Å². The van der Waals surface area contributed by atoms with Gasteiger partial charge in [0.2, 0.25) is 5.88 Å². The van der Waals surface area contributed by atoms with Gasteiger partial charge in [0.05, 0.1) is 40.9 Å². The molecule has 2 saturated heterocycles. The summed E-state index contributed by atoms with van der Waals surface area (Å²) in [7, 11) is 0. The number of rotatable bonds is 9. The molecule has 0 radical (unpaired) electrons. The number of hydrogen-bond acceptors (Lipinski definition) is 7. The molecular weight excluding hydrogens is 537 g/mol. The Bertz CT molecular complexity index is 1650. The highest BCUT2D eigenvalue weighted by molar-refractivity contribution is 5.92. The van der Waals surface area contributed by atoms with E-state index >= 15 is 0 Å². The van der Waals surface area contributed by atoms with Crippen LogP contribution in [-0.2, 0) is 17.9 Å². The van der Waals surface area contributed by atoms with E-state index in [9.17, 15) is 14.3 Å². The molecule has 2 aliphatic rings. The predicted octanol–water partition coefficient (Wildman–Crippen LogP) is 5.53. The molecule has 1 N–H and O–H groups in total. The van der Waals surface area contributed by atoms with E-state index in [1.54, 1.807) is 36.4 Å². The number of hydrogen-bond donors (Lipinski definition) is 1. The highest BCUT2D eigenvalue weighted by Crippen LogP contribution is 2.36. The van der Waals surface area contributed by atoms with Gasteiger partial charge < -0.3 is 24.0 Å². The molecule has 42 heavy (non-hydrogen) atoms. The molecule has 0 aliphatic carbocycles. The molecule has 10 heteroatoms. The molecule has 0 saturated carbocycles. The average molecular weight is 570 g/mol. The number of piperidine rings is 1. The summed E-state index contributed by atoms with van der Waals surface area (Å²) in [5.74, 6) is 1.36. The Morgan fingerprint density at radius 1 is 1.17 bits per heavy atom. The standard InChI is InChI=1S/C32H32FN5O4/c1-20(31-35-27-8-7-23(32(39)40)16-28(27)38(31)18-25-11-14-41-25)22-9-12-37(13-10-22)29-3-2-4-30(36-29)42-19-24-6-5-21(17-34)15-26(24)33/h2-8,15-16,20,22,25H,9-14,18-19H2,1H3,(H,39,40). The SMILES string of the molecule is CC(c1nc2ccc(C(=O)O)cc2n1CC1CCO1)C1CCN(c2cccc(OCc3ccc(C#N)cc3F)n2)CC1. The summed E-state index contributed by atoms with van der Waals surface area (Å²) in [5.41, 5.74) is 2.54. The number of aromatic nitrogens is 3. The Hall–Kier alpha value is -4.49. The number of halogens is 1. The number of fused-ring (bicyclic) bond motifs is 1. The van der Waals surface area contributed by atoms with Gasteiger partial charge in [-0.25, -0.2) is 14.2 Å². The second-order valence-corrected chi connectivity index (χ2v) is 11.0. The monoisotopic (exact) mass is 569 g/mol. The molecule has 2 unspecified atom stereocenters. The Balaban J connectivity index is 1.13. The molecule has 2 aromatic carbocycles. The first-order chi connectivity index (χ1) is 20.4. The number of nitriles is 1. The van der Waals surface area contributed by atoms with Crippen molar-refractivity contribution in [3.05, 3.63) is 82.9 Å². The first-order valence-electron chi connectivity index (χ1n) is 14.3. The van der Waals surface area contributed by atoms with Gasteiger partial charge in [0, 0.05) is 37.2 Å². The number of imidazole rings is 1. The number of carboxylic acid groups (broad SMARTS) is 1. The molecule has 0 spiro atoms. The van der Waals surface area contributed by atoms with Crippen molar-refractivity contribution >= 4 is 22.8 Å². The minimum absolute atomic E-state index is 0.0223. The Morgan fingerprint density at radius 3 is 2.67 bits per heavy atom. The Kier molecular flexibility index (Phi) is 7.76. The van der Waals surface area contributed by atoms with E-state index < -0.39 is 11.8 Å². The molecule has 9 nitrogen and oxygen atoms in total. The van der Waals surface area contributed by atoms with Gasteiger partial charge in [0.15, 0.2) is 0 Å². The second kappa shape index (κ2) is 11.8. The van der Waals surface area contributed by atoms with Crippen LogP contribution >= 0.6 is 0 Å².